The fraction of sp³-hybridized carbons (Fsp3) is 0.200. The van der Waals surface area contributed by atoms with Crippen LogP contribution in [0, 0.1) is 12.8 Å². The summed E-state index contributed by atoms with van der Waals surface area (Å²) in [5, 5.41) is 5.91. The van der Waals surface area contributed by atoms with Crippen molar-refractivity contribution in [3.05, 3.63) is 99.2 Å². The Morgan fingerprint density at radius 1 is 0.900 bits per heavy atom. The fourth-order valence-corrected chi connectivity index (χ4v) is 4.17. The van der Waals surface area contributed by atoms with Crippen molar-refractivity contribution in [2.45, 2.75) is 27.2 Å². The highest BCUT2D eigenvalue weighted by molar-refractivity contribution is 6.53. The zero-order valence-electron chi connectivity index (χ0n) is 22.1. The number of carbonyl (C=O) groups is 4. The van der Waals surface area contributed by atoms with E-state index in [2.05, 4.69) is 24.5 Å². The smallest absolute Gasteiger partial charge is 0.338 e. The average molecular weight is 580 g/mol. The molecular formula is C30H27Cl2N3O5. The fourth-order valence-electron chi connectivity index (χ4n) is 3.83. The molecule has 1 aliphatic heterocycles. The highest BCUT2D eigenvalue weighted by Gasteiger charge is 2.39. The Morgan fingerprint density at radius 2 is 1.55 bits per heavy atom. The van der Waals surface area contributed by atoms with Crippen LogP contribution in [0.15, 0.2) is 77.5 Å². The summed E-state index contributed by atoms with van der Waals surface area (Å²) in [7, 11) is 0. The molecule has 40 heavy (non-hydrogen) atoms. The van der Waals surface area contributed by atoms with Gasteiger partial charge in [0.15, 0.2) is 0 Å². The lowest BCUT2D eigenvalue weighted by Crippen LogP contribution is -2.32. The largest absolute Gasteiger partial charge is 0.462 e. The van der Waals surface area contributed by atoms with E-state index in [9.17, 15) is 19.2 Å². The van der Waals surface area contributed by atoms with Gasteiger partial charge in [0.05, 0.1) is 17.9 Å². The van der Waals surface area contributed by atoms with Crippen LogP contribution in [0.5, 0.6) is 0 Å². The van der Waals surface area contributed by atoms with Gasteiger partial charge >= 0.3 is 5.97 Å². The van der Waals surface area contributed by atoms with E-state index in [0.717, 1.165) is 16.9 Å². The molecule has 10 heteroatoms. The highest BCUT2D eigenvalue weighted by atomic mass is 35.5. The summed E-state index contributed by atoms with van der Waals surface area (Å²) in [6, 6.07) is 17.5. The molecular weight excluding hydrogens is 553 g/mol. The second kappa shape index (κ2) is 12.4. The maximum Gasteiger partial charge on any atom is 0.338 e. The van der Waals surface area contributed by atoms with Gasteiger partial charge < -0.3 is 15.4 Å². The number of carbonyl (C=O) groups excluding carboxylic acids is 4. The molecule has 0 radical (unpaired) electrons. The number of hydrogen-bond acceptors (Lipinski definition) is 6. The van der Waals surface area contributed by atoms with Gasteiger partial charge in [0.25, 0.3) is 17.7 Å². The second-order valence-electron chi connectivity index (χ2n) is 9.62. The highest BCUT2D eigenvalue weighted by Crippen LogP contribution is 2.31. The van der Waals surface area contributed by atoms with E-state index in [0.29, 0.717) is 45.7 Å². The summed E-state index contributed by atoms with van der Waals surface area (Å²) < 4.78 is 5.27. The number of benzene rings is 3. The van der Waals surface area contributed by atoms with Gasteiger partial charge in [-0.1, -0.05) is 43.1 Å². The first-order valence-electron chi connectivity index (χ1n) is 12.6. The minimum Gasteiger partial charge on any atom is -0.462 e. The lowest BCUT2D eigenvalue weighted by molar-refractivity contribution is -0.120. The van der Waals surface area contributed by atoms with Gasteiger partial charge in [0.2, 0.25) is 0 Å². The molecule has 2 N–H and O–H groups in total. The summed E-state index contributed by atoms with van der Waals surface area (Å²) in [6.07, 6.45) is 0.780. The number of rotatable bonds is 9. The number of anilines is 3. The molecule has 206 valence electrons. The minimum atomic E-state index is -0.671. The number of nitrogens with zero attached hydrogens (tertiary/aromatic N) is 1. The van der Waals surface area contributed by atoms with Crippen molar-refractivity contribution in [2.75, 3.05) is 22.1 Å². The van der Waals surface area contributed by atoms with Gasteiger partial charge in [-0.05, 0) is 85.5 Å². The standard InChI is InChI=1S/C30H27Cl2N3O5/c1-17(2)14-15-40-30(39)19-6-10-22(11-7-19)33-27(36)20-5-4-18(3)24(16-20)34-26-25(32)28(37)35(29(26)38)23-12-8-21(31)9-13-23/h4-13,16-17,34H,14-15H2,1-3H3,(H,33,36). The van der Waals surface area contributed by atoms with Gasteiger partial charge in [0.1, 0.15) is 10.7 Å². The molecule has 3 amide bonds. The normalized spacial score (nSPS) is 13.2. The summed E-state index contributed by atoms with van der Waals surface area (Å²) in [6.45, 7) is 6.24. The summed E-state index contributed by atoms with van der Waals surface area (Å²) in [5.41, 5.74) is 2.55. The third kappa shape index (κ3) is 6.52. The number of nitrogens with one attached hydrogen (secondary N) is 2. The molecule has 4 rings (SSSR count). The molecule has 8 nitrogen and oxygen atoms in total. The maximum absolute atomic E-state index is 13.1. The Hall–Kier alpha value is -4.14. The molecule has 0 saturated heterocycles. The van der Waals surface area contributed by atoms with Crippen molar-refractivity contribution >= 4 is 64.0 Å². The first kappa shape index (κ1) is 28.9. The van der Waals surface area contributed by atoms with Crippen LogP contribution in [0.4, 0.5) is 17.1 Å². The van der Waals surface area contributed by atoms with E-state index in [1.807, 2.05) is 0 Å². The number of ether oxygens (including phenoxy) is 1. The van der Waals surface area contributed by atoms with Gasteiger partial charge in [-0.3, -0.25) is 14.4 Å². The Morgan fingerprint density at radius 3 is 2.20 bits per heavy atom. The average Bonchev–Trinajstić information content (AvgIpc) is 3.13. The third-order valence-electron chi connectivity index (χ3n) is 6.18. The van der Waals surface area contributed by atoms with E-state index >= 15 is 0 Å². The number of aryl methyl sites for hydroxylation is 1. The number of hydrogen-bond donors (Lipinski definition) is 2. The molecule has 0 saturated carbocycles. The monoisotopic (exact) mass is 579 g/mol. The predicted octanol–water partition coefficient (Wildman–Crippen LogP) is 6.54. The quantitative estimate of drug-likeness (QED) is 0.220. The first-order chi connectivity index (χ1) is 19.0. The summed E-state index contributed by atoms with van der Waals surface area (Å²) in [5.74, 6) is -1.70. The number of esters is 1. The van der Waals surface area contributed by atoms with Crippen LogP contribution in [0.1, 0.15) is 46.5 Å². The van der Waals surface area contributed by atoms with Crippen LogP contribution < -0.4 is 15.5 Å². The van der Waals surface area contributed by atoms with Crippen molar-refractivity contribution in [3.8, 4) is 0 Å². The lowest BCUT2D eigenvalue weighted by atomic mass is 10.1. The van der Waals surface area contributed by atoms with E-state index in [1.165, 1.54) is 0 Å². The first-order valence-corrected chi connectivity index (χ1v) is 13.3. The molecule has 0 aliphatic carbocycles. The predicted molar refractivity (Wildman–Crippen MR) is 156 cm³/mol. The van der Waals surface area contributed by atoms with E-state index in [4.69, 9.17) is 27.9 Å². The van der Waals surface area contributed by atoms with Gasteiger partial charge in [-0.25, -0.2) is 9.69 Å². The van der Waals surface area contributed by atoms with Crippen LogP contribution in [-0.2, 0) is 14.3 Å². The lowest BCUT2D eigenvalue weighted by Gasteiger charge is -2.16. The van der Waals surface area contributed by atoms with Gasteiger partial charge in [-0.15, -0.1) is 0 Å². The number of amides is 3. The van der Waals surface area contributed by atoms with Gasteiger partial charge in [-0.2, -0.15) is 0 Å². The zero-order valence-corrected chi connectivity index (χ0v) is 23.6. The van der Waals surface area contributed by atoms with Crippen molar-refractivity contribution in [1.82, 2.24) is 0 Å². The van der Waals surface area contributed by atoms with E-state index in [-0.39, 0.29) is 10.7 Å². The van der Waals surface area contributed by atoms with Crippen molar-refractivity contribution in [1.29, 1.82) is 0 Å². The van der Waals surface area contributed by atoms with Crippen LogP contribution >= 0.6 is 23.2 Å². The Balaban J connectivity index is 1.45. The molecule has 1 aliphatic rings. The van der Waals surface area contributed by atoms with Crippen LogP contribution in [0.25, 0.3) is 0 Å². The maximum atomic E-state index is 13.1. The Bertz CT molecular complexity index is 1500. The SMILES string of the molecule is Cc1ccc(C(=O)Nc2ccc(C(=O)OCCC(C)C)cc2)cc1NC1=C(Cl)C(=O)N(c2ccc(Cl)cc2)C1=O. The minimum absolute atomic E-state index is 0.0989. The second-order valence-corrected chi connectivity index (χ2v) is 10.4. The number of imide groups is 1. The Kier molecular flexibility index (Phi) is 8.92. The van der Waals surface area contributed by atoms with Crippen LogP contribution in [0.2, 0.25) is 5.02 Å². The van der Waals surface area contributed by atoms with Crippen molar-refractivity contribution in [2.24, 2.45) is 5.92 Å². The van der Waals surface area contributed by atoms with Crippen LogP contribution in [-0.4, -0.2) is 30.3 Å². The zero-order chi connectivity index (χ0) is 29.0. The molecule has 0 aromatic heterocycles. The molecule has 3 aromatic rings. The topological polar surface area (TPSA) is 105 Å². The van der Waals surface area contributed by atoms with E-state index < -0.39 is 23.7 Å². The third-order valence-corrected chi connectivity index (χ3v) is 6.78. The summed E-state index contributed by atoms with van der Waals surface area (Å²) >= 11 is 12.2. The number of halogens is 2. The molecule has 0 fully saturated rings. The van der Waals surface area contributed by atoms with Crippen LogP contribution in [0.3, 0.4) is 0 Å². The van der Waals surface area contributed by atoms with E-state index in [1.54, 1.807) is 73.7 Å². The molecule has 0 spiro atoms. The Labute approximate surface area is 241 Å². The molecule has 0 atom stereocenters. The molecule has 0 unspecified atom stereocenters. The van der Waals surface area contributed by atoms with Gasteiger partial charge in [0, 0.05) is 22.0 Å². The molecule has 1 heterocycles. The summed E-state index contributed by atoms with van der Waals surface area (Å²) in [4.78, 5) is 52.0. The van der Waals surface area contributed by atoms with Crippen molar-refractivity contribution < 1.29 is 23.9 Å². The molecule has 0 bridgehead atoms. The van der Waals surface area contributed by atoms with Crippen molar-refractivity contribution in [3.63, 3.8) is 0 Å². The molecule has 3 aromatic carbocycles.